The van der Waals surface area contributed by atoms with Crippen LogP contribution in [-0.2, 0) is 0 Å². The summed E-state index contributed by atoms with van der Waals surface area (Å²) in [4.78, 5) is 4.86. The third-order valence-electron chi connectivity index (χ3n) is 12.3. The molecular formula is C58H44N2. The highest BCUT2D eigenvalue weighted by Crippen LogP contribution is 2.48. The van der Waals surface area contributed by atoms with Crippen molar-refractivity contribution in [3.8, 4) is 11.1 Å². The fraction of sp³-hybridized carbons (Fsp3) is 0.0690. The summed E-state index contributed by atoms with van der Waals surface area (Å²) in [6, 6.07) is 71.5. The van der Waals surface area contributed by atoms with Gasteiger partial charge >= 0.3 is 0 Å². The number of hydrogen-bond donors (Lipinski definition) is 0. The topological polar surface area (TPSA) is 6.48 Å². The van der Waals surface area contributed by atoms with Gasteiger partial charge in [0, 0.05) is 34.1 Å². The Balaban J connectivity index is 1.30. The Morgan fingerprint density at radius 3 is 1.67 bits per heavy atom. The normalized spacial score (nSPS) is 13.5. The lowest BCUT2D eigenvalue weighted by molar-refractivity contribution is 0.918. The zero-order valence-corrected chi connectivity index (χ0v) is 33.5. The molecule has 2 nitrogen and oxygen atoms in total. The van der Waals surface area contributed by atoms with Crippen molar-refractivity contribution in [3.05, 3.63) is 234 Å². The van der Waals surface area contributed by atoms with Crippen LogP contribution >= 0.6 is 0 Å². The first-order valence-electron chi connectivity index (χ1n) is 21.2. The van der Waals surface area contributed by atoms with Crippen LogP contribution in [0.4, 0.5) is 28.4 Å². The molecule has 0 atom stereocenters. The molecule has 0 aliphatic heterocycles. The fourth-order valence-corrected chi connectivity index (χ4v) is 9.69. The summed E-state index contributed by atoms with van der Waals surface area (Å²) >= 11 is 0. The summed E-state index contributed by atoms with van der Waals surface area (Å²) in [5, 5.41) is 10.2. The number of nitrogens with zero attached hydrogens (tertiary/aromatic N) is 2. The first-order chi connectivity index (χ1) is 29.8. The van der Waals surface area contributed by atoms with Gasteiger partial charge < -0.3 is 9.80 Å². The molecule has 9 aromatic rings. The standard InChI is InChI=1S/C58H44N2/c1-5-23-43(24-6-1)59(44-25-7-2-8-26-44)47-35-37-53-55(39-47)57(51-33-17-21-41-19-13-15-31-49(41)51)54-38-36-48(60(45-27-9-3-10-28-45)46-29-11-4-12-30-46)40-56(54)58(53)52-34-18-22-42-20-14-16-32-50(42)52/h1-11,13-16,18-29,31-32,34-40H,12,17,30,33H2. The second-order valence-corrected chi connectivity index (χ2v) is 15.8. The Morgan fingerprint density at radius 2 is 0.967 bits per heavy atom. The van der Waals surface area contributed by atoms with Gasteiger partial charge in [-0.1, -0.05) is 152 Å². The van der Waals surface area contributed by atoms with Crippen LogP contribution in [0, 0.1) is 0 Å². The molecule has 0 bridgehead atoms. The molecule has 0 amide bonds. The first-order valence-corrected chi connectivity index (χ1v) is 21.2. The number of allylic oxidation sites excluding steroid dienone is 4. The van der Waals surface area contributed by atoms with Crippen molar-refractivity contribution in [1.82, 2.24) is 0 Å². The molecule has 60 heavy (non-hydrogen) atoms. The van der Waals surface area contributed by atoms with Crippen molar-refractivity contribution in [3.63, 3.8) is 0 Å². The maximum Gasteiger partial charge on any atom is 0.0468 e. The first kappa shape index (κ1) is 35.7. The van der Waals surface area contributed by atoms with E-state index in [-0.39, 0.29) is 0 Å². The highest BCUT2D eigenvalue weighted by atomic mass is 15.2. The van der Waals surface area contributed by atoms with E-state index in [0.29, 0.717) is 0 Å². The van der Waals surface area contributed by atoms with E-state index in [0.717, 1.165) is 42.7 Å². The minimum atomic E-state index is 0.969. The molecule has 9 aromatic carbocycles. The Labute approximate surface area is 351 Å². The molecule has 0 heterocycles. The van der Waals surface area contributed by atoms with Gasteiger partial charge in [-0.25, -0.2) is 0 Å². The van der Waals surface area contributed by atoms with Crippen LogP contribution in [-0.4, -0.2) is 0 Å². The quantitative estimate of drug-likeness (QED) is 0.142. The van der Waals surface area contributed by atoms with E-state index in [1.807, 2.05) is 0 Å². The number of fused-ring (bicyclic) bond motifs is 4. The minimum absolute atomic E-state index is 0.969. The van der Waals surface area contributed by atoms with Gasteiger partial charge in [0.15, 0.2) is 0 Å². The molecule has 0 fully saturated rings. The summed E-state index contributed by atoms with van der Waals surface area (Å²) in [5.74, 6) is 0. The van der Waals surface area contributed by atoms with Crippen molar-refractivity contribution in [2.75, 3.05) is 9.80 Å². The predicted octanol–water partition coefficient (Wildman–Crippen LogP) is 14.4. The Hall–Kier alpha value is -7.42. The molecule has 0 saturated carbocycles. The summed E-state index contributed by atoms with van der Waals surface area (Å²) < 4.78 is 0. The van der Waals surface area contributed by atoms with Crippen molar-refractivity contribution < 1.29 is 0 Å². The molecule has 0 radical (unpaired) electrons. The van der Waals surface area contributed by atoms with E-state index < -0.39 is 0 Å². The summed E-state index contributed by atoms with van der Waals surface area (Å²) in [5.41, 5.74) is 12.3. The van der Waals surface area contributed by atoms with E-state index >= 15 is 0 Å². The fourth-order valence-electron chi connectivity index (χ4n) is 9.69. The number of benzene rings is 9. The van der Waals surface area contributed by atoms with E-state index in [4.69, 9.17) is 0 Å². The van der Waals surface area contributed by atoms with Gasteiger partial charge in [0.05, 0.1) is 0 Å². The van der Waals surface area contributed by atoms with Gasteiger partial charge in [-0.2, -0.15) is 0 Å². The molecule has 0 spiro atoms. The third kappa shape index (κ3) is 6.29. The molecule has 11 rings (SSSR count). The van der Waals surface area contributed by atoms with E-state index in [1.165, 1.54) is 82.1 Å². The van der Waals surface area contributed by atoms with Gasteiger partial charge in [0.25, 0.3) is 0 Å². The maximum atomic E-state index is 2.48. The van der Waals surface area contributed by atoms with Crippen LogP contribution in [0.1, 0.15) is 31.2 Å². The SMILES string of the molecule is C1=CCCC(N(c2ccccc2)c2ccc3c(C4=c5ccccc5=CCC4)c4cc(N(c5ccccc5)c5ccccc5)ccc4c(-c4cccc5ccccc45)c3c2)=C1. The smallest absolute Gasteiger partial charge is 0.0468 e. The van der Waals surface area contributed by atoms with Crippen LogP contribution in [0.25, 0.3) is 55.1 Å². The third-order valence-corrected chi connectivity index (χ3v) is 12.3. The molecule has 286 valence electrons. The van der Waals surface area contributed by atoms with Gasteiger partial charge in [-0.15, -0.1) is 0 Å². The van der Waals surface area contributed by atoms with Gasteiger partial charge in [0.1, 0.15) is 0 Å². The highest BCUT2D eigenvalue weighted by molar-refractivity contribution is 6.22. The summed E-state index contributed by atoms with van der Waals surface area (Å²) in [7, 11) is 0. The second-order valence-electron chi connectivity index (χ2n) is 15.8. The lowest BCUT2D eigenvalue weighted by Crippen LogP contribution is -2.29. The zero-order valence-electron chi connectivity index (χ0n) is 33.5. The van der Waals surface area contributed by atoms with Crippen LogP contribution in [0.15, 0.2) is 218 Å². The van der Waals surface area contributed by atoms with E-state index in [2.05, 4.69) is 228 Å². The lowest BCUT2D eigenvalue weighted by atomic mass is 9.82. The average molecular weight is 769 g/mol. The van der Waals surface area contributed by atoms with Crippen molar-refractivity contribution in [2.24, 2.45) is 0 Å². The maximum absolute atomic E-state index is 2.48. The lowest BCUT2D eigenvalue weighted by Gasteiger charge is -2.30. The number of rotatable bonds is 8. The molecule has 0 N–H and O–H groups in total. The van der Waals surface area contributed by atoms with Crippen LogP contribution < -0.4 is 20.2 Å². The van der Waals surface area contributed by atoms with Crippen LogP contribution in [0.5, 0.6) is 0 Å². The molecule has 0 unspecified atom stereocenters. The molecular weight excluding hydrogens is 725 g/mol. The molecule has 2 aliphatic rings. The Bertz CT molecular complexity index is 3210. The largest absolute Gasteiger partial charge is 0.314 e. The van der Waals surface area contributed by atoms with Crippen LogP contribution in [0.2, 0.25) is 0 Å². The van der Waals surface area contributed by atoms with Gasteiger partial charge in [-0.3, -0.25) is 0 Å². The summed E-state index contributed by atoms with van der Waals surface area (Å²) in [6.45, 7) is 0. The Kier molecular flexibility index (Phi) is 9.17. The van der Waals surface area contributed by atoms with Gasteiger partial charge in [-0.05, 0) is 157 Å². The van der Waals surface area contributed by atoms with E-state index in [1.54, 1.807) is 0 Å². The van der Waals surface area contributed by atoms with Crippen molar-refractivity contribution in [2.45, 2.75) is 25.7 Å². The Morgan fingerprint density at radius 1 is 0.383 bits per heavy atom. The van der Waals surface area contributed by atoms with Crippen molar-refractivity contribution >= 4 is 72.4 Å². The van der Waals surface area contributed by atoms with Crippen molar-refractivity contribution in [1.29, 1.82) is 0 Å². The predicted molar refractivity (Wildman–Crippen MR) is 256 cm³/mol. The minimum Gasteiger partial charge on any atom is -0.314 e. The molecule has 2 heteroatoms. The monoisotopic (exact) mass is 768 g/mol. The van der Waals surface area contributed by atoms with E-state index in [9.17, 15) is 0 Å². The average Bonchev–Trinajstić information content (AvgIpc) is 3.32. The summed E-state index contributed by atoms with van der Waals surface area (Å²) in [6.07, 6.45) is 13.2. The molecule has 2 aliphatic carbocycles. The van der Waals surface area contributed by atoms with Gasteiger partial charge in [0.2, 0.25) is 0 Å². The number of anilines is 5. The zero-order chi connectivity index (χ0) is 39.8. The molecule has 0 aromatic heterocycles. The van der Waals surface area contributed by atoms with Crippen LogP contribution in [0.3, 0.4) is 0 Å². The molecule has 0 saturated heterocycles. The second kappa shape index (κ2) is 15.4. The highest BCUT2D eigenvalue weighted by Gasteiger charge is 2.24. The number of para-hydroxylation sites is 3. The number of hydrogen-bond acceptors (Lipinski definition) is 2.